The predicted molar refractivity (Wildman–Crippen MR) is 154 cm³/mol. The van der Waals surface area contributed by atoms with Crippen LogP contribution in [0, 0.1) is 5.82 Å². The molecule has 1 aliphatic rings. The fourth-order valence-corrected chi connectivity index (χ4v) is 6.44. The van der Waals surface area contributed by atoms with Crippen LogP contribution in [0.3, 0.4) is 0 Å². The first kappa shape index (κ1) is 24.2. The van der Waals surface area contributed by atoms with Gasteiger partial charge in [0.05, 0.1) is 16.2 Å². The fourth-order valence-electron chi connectivity index (χ4n) is 5.39. The largest absolute Gasteiger partial charge is 0.459 e. The number of halogens is 1. The molecule has 4 heterocycles. The number of aldehydes is 1. The number of nitrogen functional groups attached to an aromatic ring is 1. The number of benzene rings is 3. The number of allylic oxidation sites excluding steroid dienone is 2. The lowest BCUT2D eigenvalue weighted by Gasteiger charge is -2.31. The van der Waals surface area contributed by atoms with Crippen molar-refractivity contribution in [3.63, 3.8) is 0 Å². The zero-order valence-electron chi connectivity index (χ0n) is 21.3. The van der Waals surface area contributed by atoms with Crippen molar-refractivity contribution in [3.8, 4) is 16.3 Å². The first-order valence-electron chi connectivity index (χ1n) is 12.7. The third-order valence-electron chi connectivity index (χ3n) is 7.25. The number of carbonyl (C=O) groups excluding carboxylic acids is 1. The van der Waals surface area contributed by atoms with E-state index in [-0.39, 0.29) is 0 Å². The number of anilines is 1. The van der Waals surface area contributed by atoms with E-state index in [9.17, 15) is 9.18 Å². The maximum absolute atomic E-state index is 14.4. The minimum Gasteiger partial charge on any atom is -0.459 e. The normalized spacial score (nSPS) is 15.7. The molecule has 3 aromatic carbocycles. The van der Waals surface area contributed by atoms with Crippen molar-refractivity contribution in [3.05, 3.63) is 108 Å². The molecule has 2 atom stereocenters. The van der Waals surface area contributed by atoms with Crippen LogP contribution >= 0.6 is 11.3 Å². The maximum Gasteiger partial charge on any atom is 0.164 e. The highest BCUT2D eigenvalue weighted by Crippen LogP contribution is 2.47. The number of rotatable bonds is 5. The summed E-state index contributed by atoms with van der Waals surface area (Å²) in [5, 5.41) is 6.75. The summed E-state index contributed by atoms with van der Waals surface area (Å²) in [6.07, 6.45) is 2.28. The zero-order chi connectivity index (χ0) is 27.4. The van der Waals surface area contributed by atoms with E-state index in [0.717, 1.165) is 26.8 Å². The second-order valence-corrected chi connectivity index (χ2v) is 10.7. The van der Waals surface area contributed by atoms with E-state index in [2.05, 4.69) is 28.2 Å². The summed E-state index contributed by atoms with van der Waals surface area (Å²) in [5.74, 6) is 0.295. The molecule has 0 spiro atoms. The van der Waals surface area contributed by atoms with Gasteiger partial charge in [0.2, 0.25) is 0 Å². The highest BCUT2D eigenvalue weighted by Gasteiger charge is 2.35. The molecule has 3 aromatic heterocycles. The predicted octanol–water partition coefficient (Wildman–Crippen LogP) is 6.78. The first-order chi connectivity index (χ1) is 19.5. The average molecular weight is 548 g/mol. The molecule has 0 saturated heterocycles. The van der Waals surface area contributed by atoms with E-state index < -0.39 is 17.8 Å². The number of carbonyl (C=O) groups is 1. The number of ether oxygens (including phenoxy) is 1. The number of para-hydroxylation sites is 1. The number of thiophene rings is 1. The Hall–Kier alpha value is -4.89. The number of hydrogen-bond donors (Lipinski definition) is 1. The topological polar surface area (TPSA) is 95.9 Å². The Labute approximate surface area is 232 Å². The maximum atomic E-state index is 14.4. The van der Waals surface area contributed by atoms with Crippen LogP contribution in [0.15, 0.2) is 90.9 Å². The van der Waals surface area contributed by atoms with Gasteiger partial charge in [-0.05, 0) is 48.2 Å². The number of nitrogens with zero attached hydrogens (tertiary/aromatic N) is 4. The van der Waals surface area contributed by atoms with Gasteiger partial charge in [0.15, 0.2) is 5.65 Å². The lowest BCUT2D eigenvalue weighted by atomic mass is 9.83. The van der Waals surface area contributed by atoms with Gasteiger partial charge in [-0.1, -0.05) is 48.5 Å². The van der Waals surface area contributed by atoms with Crippen LogP contribution in [0.2, 0.25) is 0 Å². The Balaban J connectivity index is 1.47. The van der Waals surface area contributed by atoms with Crippen LogP contribution in [0.25, 0.3) is 37.3 Å². The highest BCUT2D eigenvalue weighted by atomic mass is 32.1. The average Bonchev–Trinajstić information content (AvgIpc) is 3.58. The molecule has 7 rings (SSSR count). The lowest BCUT2D eigenvalue weighted by Crippen LogP contribution is -2.23. The van der Waals surface area contributed by atoms with Gasteiger partial charge in [-0.15, -0.1) is 11.3 Å². The molecule has 1 aliphatic heterocycles. The summed E-state index contributed by atoms with van der Waals surface area (Å²) in [6, 6.07) is 23.2. The Bertz CT molecular complexity index is 1940. The van der Waals surface area contributed by atoms with E-state index in [1.54, 1.807) is 28.2 Å². The minimum atomic E-state index is -0.659. The monoisotopic (exact) mass is 547 g/mol. The van der Waals surface area contributed by atoms with E-state index >= 15 is 0 Å². The van der Waals surface area contributed by atoms with Gasteiger partial charge in [0, 0.05) is 15.8 Å². The van der Waals surface area contributed by atoms with Gasteiger partial charge < -0.3 is 15.3 Å². The molecule has 7 nitrogen and oxygen atoms in total. The van der Waals surface area contributed by atoms with Crippen molar-refractivity contribution in [2.45, 2.75) is 18.9 Å². The Morgan fingerprint density at radius 1 is 1.05 bits per heavy atom. The molecule has 0 bridgehead atoms. The molecule has 9 heteroatoms. The van der Waals surface area contributed by atoms with Gasteiger partial charge in [-0.2, -0.15) is 5.10 Å². The van der Waals surface area contributed by atoms with E-state index in [1.807, 2.05) is 43.3 Å². The molecule has 40 heavy (non-hydrogen) atoms. The second-order valence-electron chi connectivity index (χ2n) is 9.62. The van der Waals surface area contributed by atoms with Crippen molar-refractivity contribution in [2.24, 2.45) is 0 Å². The summed E-state index contributed by atoms with van der Waals surface area (Å²) in [6.45, 7) is 1.92. The fraction of sp³-hybridized carbons (Fsp3) is 0.0968. The van der Waals surface area contributed by atoms with Crippen LogP contribution in [-0.2, 0) is 4.79 Å². The molecule has 6 aromatic rings. The second kappa shape index (κ2) is 9.39. The van der Waals surface area contributed by atoms with Crippen molar-refractivity contribution in [2.75, 3.05) is 5.73 Å². The van der Waals surface area contributed by atoms with Gasteiger partial charge in [-0.3, -0.25) is 0 Å². The van der Waals surface area contributed by atoms with Crippen molar-refractivity contribution in [1.82, 2.24) is 19.7 Å². The Morgan fingerprint density at radius 2 is 1.88 bits per heavy atom. The van der Waals surface area contributed by atoms with E-state index in [0.29, 0.717) is 45.2 Å². The van der Waals surface area contributed by atoms with Crippen LogP contribution in [-0.4, -0.2) is 26.0 Å². The van der Waals surface area contributed by atoms with Crippen molar-refractivity contribution >= 4 is 50.1 Å². The SMILES string of the molecule is CC(C1=C(c2cccc(F)c2)C(C=O)c2ccccc2O1)n1nc(-c2cc3ccccc3s2)c2c(N)ncnc21. The smallest absolute Gasteiger partial charge is 0.164 e. The summed E-state index contributed by atoms with van der Waals surface area (Å²) < 4.78 is 23.8. The molecule has 0 radical (unpaired) electrons. The number of fused-ring (bicyclic) bond motifs is 3. The molecule has 0 fully saturated rings. The zero-order valence-corrected chi connectivity index (χ0v) is 22.1. The molecule has 0 aliphatic carbocycles. The van der Waals surface area contributed by atoms with Crippen LogP contribution < -0.4 is 10.5 Å². The van der Waals surface area contributed by atoms with Gasteiger partial charge in [0.25, 0.3) is 0 Å². The Kier molecular flexibility index (Phi) is 5.67. The third kappa shape index (κ3) is 3.77. The molecule has 2 N–H and O–H groups in total. The number of nitrogens with two attached hydrogens (primary N) is 1. The van der Waals surface area contributed by atoms with E-state index in [1.165, 1.54) is 18.5 Å². The summed E-state index contributed by atoms with van der Waals surface area (Å²) in [7, 11) is 0. The molecule has 2 unspecified atom stereocenters. The first-order valence-corrected chi connectivity index (χ1v) is 13.5. The summed E-state index contributed by atoms with van der Waals surface area (Å²) in [4.78, 5) is 22.3. The Morgan fingerprint density at radius 3 is 2.70 bits per heavy atom. The number of hydrogen-bond acceptors (Lipinski definition) is 7. The summed E-state index contributed by atoms with van der Waals surface area (Å²) >= 11 is 1.61. The third-order valence-corrected chi connectivity index (χ3v) is 8.37. The lowest BCUT2D eigenvalue weighted by molar-refractivity contribution is -0.108. The molecular formula is C31H22FN5O2S. The van der Waals surface area contributed by atoms with Crippen molar-refractivity contribution < 1.29 is 13.9 Å². The van der Waals surface area contributed by atoms with Gasteiger partial charge in [-0.25, -0.2) is 19.0 Å². The standard InChI is InChI=1S/C31H22FN5O2S/c1-17(29-26(19-8-6-9-20(32)13-19)22(15-38)21-10-3-4-11-23(21)39-29)37-31-27(30(33)34-16-35-31)28(36-37)25-14-18-7-2-5-12-24(18)40-25/h2-17,22H,1H3,(H2,33,34,35). The van der Waals surface area contributed by atoms with E-state index in [4.69, 9.17) is 15.6 Å². The molecule has 0 amide bonds. The van der Waals surface area contributed by atoms with Gasteiger partial charge >= 0.3 is 0 Å². The molecule has 0 saturated carbocycles. The minimum absolute atomic E-state index is 0.316. The van der Waals surface area contributed by atoms with Crippen LogP contribution in [0.5, 0.6) is 5.75 Å². The number of aromatic nitrogens is 4. The van der Waals surface area contributed by atoms with Crippen LogP contribution in [0.4, 0.5) is 10.2 Å². The molecular weight excluding hydrogens is 525 g/mol. The molecule has 196 valence electrons. The van der Waals surface area contributed by atoms with Gasteiger partial charge in [0.1, 0.15) is 47.5 Å². The van der Waals surface area contributed by atoms with Crippen LogP contribution in [0.1, 0.15) is 30.0 Å². The quantitative estimate of drug-likeness (QED) is 0.239. The summed E-state index contributed by atoms with van der Waals surface area (Å²) in [5.41, 5.74) is 9.44. The van der Waals surface area contributed by atoms with Crippen molar-refractivity contribution in [1.29, 1.82) is 0 Å². The highest BCUT2D eigenvalue weighted by molar-refractivity contribution is 7.22.